The van der Waals surface area contributed by atoms with Gasteiger partial charge in [-0.1, -0.05) is 60.7 Å². The second-order valence-electron chi connectivity index (χ2n) is 7.22. The van der Waals surface area contributed by atoms with Crippen LogP contribution in [0.25, 0.3) is 32.7 Å². The molecule has 0 atom stereocenters. The van der Waals surface area contributed by atoms with Crippen molar-refractivity contribution in [2.45, 2.75) is 25.7 Å². The van der Waals surface area contributed by atoms with Gasteiger partial charge in [0.05, 0.1) is 0 Å². The quantitative estimate of drug-likeness (QED) is 0.382. The second-order valence-corrected chi connectivity index (χ2v) is 7.22. The van der Waals surface area contributed by atoms with E-state index >= 15 is 0 Å². The first kappa shape index (κ1) is 12.8. The Hall–Kier alpha value is -2.60. The van der Waals surface area contributed by atoms with Crippen LogP contribution in [0, 0.1) is 0 Å². The summed E-state index contributed by atoms with van der Waals surface area (Å²) in [6, 6.07) is 22.8. The number of benzene rings is 4. The number of hydrogen-bond acceptors (Lipinski definition) is 0. The van der Waals surface area contributed by atoms with E-state index < -0.39 is 0 Å². The fourth-order valence-electron chi connectivity index (χ4n) is 5.03. The smallest absolute Gasteiger partial charge is 0.0107 e. The summed E-state index contributed by atoms with van der Waals surface area (Å²) in [6.07, 6.45) is 4.70. The molecule has 0 heteroatoms. The molecular formula is C24H18. The highest BCUT2D eigenvalue weighted by atomic mass is 14.3. The molecule has 0 fully saturated rings. The van der Waals surface area contributed by atoms with Gasteiger partial charge < -0.3 is 0 Å². The van der Waals surface area contributed by atoms with Crippen LogP contribution in [0.15, 0.2) is 60.7 Å². The van der Waals surface area contributed by atoms with Crippen molar-refractivity contribution in [3.8, 4) is 11.1 Å². The first-order valence-corrected chi connectivity index (χ1v) is 8.97. The molecule has 4 aromatic carbocycles. The van der Waals surface area contributed by atoms with Crippen molar-refractivity contribution in [3.05, 3.63) is 82.9 Å². The molecule has 0 aromatic heterocycles. The van der Waals surface area contributed by atoms with Crippen LogP contribution >= 0.6 is 0 Å². The molecule has 0 aliphatic heterocycles. The van der Waals surface area contributed by atoms with E-state index in [2.05, 4.69) is 60.7 Å². The highest BCUT2D eigenvalue weighted by Crippen LogP contribution is 2.47. The maximum absolute atomic E-state index is 2.45. The van der Waals surface area contributed by atoms with E-state index in [1.54, 1.807) is 33.4 Å². The molecule has 4 aromatic rings. The van der Waals surface area contributed by atoms with Crippen molar-refractivity contribution in [2.24, 2.45) is 0 Å². The van der Waals surface area contributed by atoms with Crippen LogP contribution in [0.2, 0.25) is 0 Å². The zero-order valence-electron chi connectivity index (χ0n) is 13.6. The molecule has 6 rings (SSSR count). The lowest BCUT2D eigenvalue weighted by Gasteiger charge is -2.31. The minimum Gasteiger partial charge on any atom is -0.0616 e. The van der Waals surface area contributed by atoms with Crippen molar-refractivity contribution in [1.82, 2.24) is 0 Å². The minimum atomic E-state index is 1.17. The predicted molar refractivity (Wildman–Crippen MR) is 102 cm³/mol. The maximum atomic E-state index is 2.45. The molecule has 114 valence electrons. The van der Waals surface area contributed by atoms with E-state index in [4.69, 9.17) is 0 Å². The van der Waals surface area contributed by atoms with Gasteiger partial charge in [0.1, 0.15) is 0 Å². The van der Waals surface area contributed by atoms with Crippen LogP contribution in [-0.4, -0.2) is 0 Å². The van der Waals surface area contributed by atoms with Gasteiger partial charge in [-0.2, -0.15) is 0 Å². The Balaban J connectivity index is 1.81. The zero-order valence-corrected chi connectivity index (χ0v) is 13.6. The summed E-state index contributed by atoms with van der Waals surface area (Å²) in [5, 5.41) is 5.75. The third-order valence-corrected chi connectivity index (χ3v) is 6.02. The molecule has 2 aliphatic carbocycles. The number of hydrogen-bond donors (Lipinski definition) is 0. The van der Waals surface area contributed by atoms with E-state index in [9.17, 15) is 0 Å². The largest absolute Gasteiger partial charge is 0.0616 e. The molecule has 2 aliphatic rings. The summed E-state index contributed by atoms with van der Waals surface area (Å²) < 4.78 is 0. The topological polar surface area (TPSA) is 0 Å². The summed E-state index contributed by atoms with van der Waals surface area (Å²) in [5.41, 5.74) is 9.45. The van der Waals surface area contributed by atoms with Gasteiger partial charge in [0, 0.05) is 0 Å². The van der Waals surface area contributed by atoms with E-state index in [1.165, 1.54) is 47.2 Å². The van der Waals surface area contributed by atoms with Gasteiger partial charge in [-0.15, -0.1) is 0 Å². The summed E-state index contributed by atoms with van der Waals surface area (Å²) in [4.78, 5) is 0. The molecule has 0 N–H and O–H groups in total. The molecular weight excluding hydrogens is 288 g/mol. The van der Waals surface area contributed by atoms with Crippen molar-refractivity contribution in [1.29, 1.82) is 0 Å². The Morgan fingerprint density at radius 3 is 1.46 bits per heavy atom. The number of aryl methyl sites for hydroxylation is 4. The van der Waals surface area contributed by atoms with Crippen LogP contribution < -0.4 is 0 Å². The summed E-state index contributed by atoms with van der Waals surface area (Å²) in [6.45, 7) is 0. The monoisotopic (exact) mass is 306 g/mol. The zero-order chi connectivity index (χ0) is 15.7. The Kier molecular flexibility index (Phi) is 2.38. The maximum Gasteiger partial charge on any atom is -0.0107 e. The lowest BCUT2D eigenvalue weighted by molar-refractivity contribution is 0.891. The Labute approximate surface area is 141 Å². The third-order valence-electron chi connectivity index (χ3n) is 6.02. The van der Waals surface area contributed by atoms with Gasteiger partial charge in [-0.3, -0.25) is 0 Å². The minimum absolute atomic E-state index is 1.17. The molecule has 0 saturated carbocycles. The highest BCUT2D eigenvalue weighted by molar-refractivity contribution is 6.01. The fourth-order valence-corrected chi connectivity index (χ4v) is 5.03. The highest BCUT2D eigenvalue weighted by Gasteiger charge is 2.28. The fraction of sp³-hybridized carbons (Fsp3) is 0.167. The van der Waals surface area contributed by atoms with Crippen LogP contribution in [0.5, 0.6) is 0 Å². The SMILES string of the molecule is c1ccc2c3c4c(cc2c1)CCc1c-4c(cc2ccccc12)CC3. The van der Waals surface area contributed by atoms with Crippen LogP contribution in [0.3, 0.4) is 0 Å². The number of rotatable bonds is 0. The van der Waals surface area contributed by atoms with Gasteiger partial charge in [0.25, 0.3) is 0 Å². The predicted octanol–water partition coefficient (Wildman–Crippen LogP) is 5.86. The first-order valence-electron chi connectivity index (χ1n) is 8.97. The van der Waals surface area contributed by atoms with Crippen molar-refractivity contribution >= 4 is 21.5 Å². The molecule has 0 nitrogen and oxygen atoms in total. The Morgan fingerprint density at radius 2 is 0.958 bits per heavy atom. The summed E-state index contributed by atoms with van der Waals surface area (Å²) >= 11 is 0. The van der Waals surface area contributed by atoms with Crippen molar-refractivity contribution in [2.75, 3.05) is 0 Å². The average molecular weight is 306 g/mol. The van der Waals surface area contributed by atoms with Gasteiger partial charge in [-0.05, 0) is 80.6 Å². The molecule has 0 saturated heterocycles. The average Bonchev–Trinajstić information content (AvgIpc) is 2.65. The Morgan fingerprint density at radius 1 is 0.500 bits per heavy atom. The number of fused-ring (bicyclic) bond motifs is 4. The van der Waals surface area contributed by atoms with E-state index in [0.29, 0.717) is 0 Å². The molecule has 0 amide bonds. The van der Waals surface area contributed by atoms with Crippen LogP contribution in [-0.2, 0) is 25.7 Å². The van der Waals surface area contributed by atoms with Crippen LogP contribution in [0.4, 0.5) is 0 Å². The summed E-state index contributed by atoms with van der Waals surface area (Å²) in [5.74, 6) is 0. The van der Waals surface area contributed by atoms with Crippen LogP contribution in [0.1, 0.15) is 22.3 Å². The third kappa shape index (κ3) is 1.54. The summed E-state index contributed by atoms with van der Waals surface area (Å²) in [7, 11) is 0. The molecule has 0 unspecified atom stereocenters. The first-order chi connectivity index (χ1) is 11.9. The van der Waals surface area contributed by atoms with E-state index in [1.807, 2.05) is 0 Å². The lowest BCUT2D eigenvalue weighted by atomic mass is 9.72. The van der Waals surface area contributed by atoms with Gasteiger partial charge >= 0.3 is 0 Å². The van der Waals surface area contributed by atoms with Crippen molar-refractivity contribution in [3.63, 3.8) is 0 Å². The second kappa shape index (κ2) is 4.48. The van der Waals surface area contributed by atoms with Gasteiger partial charge in [-0.25, -0.2) is 0 Å². The lowest BCUT2D eigenvalue weighted by Crippen LogP contribution is -2.15. The van der Waals surface area contributed by atoms with Gasteiger partial charge in [0.15, 0.2) is 0 Å². The standard InChI is InChI=1S/C24H18/c1-3-7-19-15(5-1)13-17-9-12-22-20-8-4-2-6-16(20)14-18-10-11-21(19)23(17)24(18)22/h1-8,13-14H,9-12H2. The van der Waals surface area contributed by atoms with Gasteiger partial charge in [0.2, 0.25) is 0 Å². The molecule has 24 heavy (non-hydrogen) atoms. The normalized spacial score (nSPS) is 14.8. The molecule has 0 heterocycles. The van der Waals surface area contributed by atoms with Crippen molar-refractivity contribution < 1.29 is 0 Å². The molecule has 0 spiro atoms. The van der Waals surface area contributed by atoms with E-state index in [-0.39, 0.29) is 0 Å². The molecule has 0 bridgehead atoms. The molecule has 0 radical (unpaired) electrons. The van der Waals surface area contributed by atoms with E-state index in [0.717, 1.165) is 0 Å². The Bertz CT molecular complexity index is 1050.